The standard InChI is InChI=1S/C29H27N2/c1-3-29(4-2)20-30-25-16-10-11-17-26(25)31(22-13-6-5-7-14-22)28(30)27-23-15-9-8-12-21(23)18-19-24(27)29/h5-19H,3-4,20H2,1-2H3/q+1. The summed E-state index contributed by atoms with van der Waals surface area (Å²) in [5.74, 6) is 1.30. The summed E-state index contributed by atoms with van der Waals surface area (Å²) < 4.78 is 5.06. The van der Waals surface area contributed by atoms with Gasteiger partial charge in [-0.25, -0.2) is 4.57 Å². The minimum Gasteiger partial charge on any atom is -0.222 e. The van der Waals surface area contributed by atoms with Gasteiger partial charge < -0.3 is 0 Å². The van der Waals surface area contributed by atoms with Gasteiger partial charge in [0.05, 0.1) is 5.56 Å². The van der Waals surface area contributed by atoms with Crippen LogP contribution in [0.1, 0.15) is 32.3 Å². The molecule has 0 radical (unpaired) electrons. The zero-order valence-electron chi connectivity index (χ0n) is 18.2. The highest BCUT2D eigenvalue weighted by molar-refractivity contribution is 5.98. The zero-order valence-corrected chi connectivity index (χ0v) is 18.2. The van der Waals surface area contributed by atoms with Crippen LogP contribution in [-0.4, -0.2) is 4.57 Å². The van der Waals surface area contributed by atoms with Crippen molar-refractivity contribution in [3.05, 3.63) is 96.6 Å². The topological polar surface area (TPSA) is 8.81 Å². The fraction of sp³-hybridized carbons (Fsp3) is 0.207. The van der Waals surface area contributed by atoms with E-state index in [0.717, 1.165) is 19.4 Å². The third kappa shape index (κ3) is 2.48. The molecular formula is C29H27N2+. The van der Waals surface area contributed by atoms with Gasteiger partial charge in [-0.15, -0.1) is 0 Å². The molecule has 4 aromatic carbocycles. The molecule has 0 bridgehead atoms. The third-order valence-electron chi connectivity index (χ3n) is 7.43. The highest BCUT2D eigenvalue weighted by atomic mass is 15.2. The summed E-state index contributed by atoms with van der Waals surface area (Å²) in [6, 6.07) is 33.3. The van der Waals surface area contributed by atoms with Crippen LogP contribution in [0.4, 0.5) is 0 Å². The normalized spacial score (nSPS) is 14.5. The summed E-state index contributed by atoms with van der Waals surface area (Å²) >= 11 is 0. The van der Waals surface area contributed by atoms with Crippen molar-refractivity contribution < 1.29 is 4.57 Å². The monoisotopic (exact) mass is 403 g/mol. The minimum atomic E-state index is 0.142. The lowest BCUT2D eigenvalue weighted by molar-refractivity contribution is -0.672. The Kier molecular flexibility index (Phi) is 4.04. The molecule has 6 rings (SSSR count). The quantitative estimate of drug-likeness (QED) is 0.293. The summed E-state index contributed by atoms with van der Waals surface area (Å²) in [6.07, 6.45) is 2.26. The van der Waals surface area contributed by atoms with Crippen molar-refractivity contribution in [1.82, 2.24) is 4.57 Å². The van der Waals surface area contributed by atoms with Gasteiger partial charge in [-0.05, 0) is 53.4 Å². The van der Waals surface area contributed by atoms with E-state index in [1.165, 1.54) is 44.4 Å². The van der Waals surface area contributed by atoms with Crippen LogP contribution in [0, 0.1) is 0 Å². The molecule has 0 amide bonds. The van der Waals surface area contributed by atoms with E-state index in [9.17, 15) is 0 Å². The van der Waals surface area contributed by atoms with Crippen LogP contribution < -0.4 is 4.57 Å². The van der Waals surface area contributed by atoms with Gasteiger partial charge in [-0.1, -0.05) is 80.6 Å². The summed E-state index contributed by atoms with van der Waals surface area (Å²) in [7, 11) is 0. The van der Waals surface area contributed by atoms with E-state index < -0.39 is 0 Å². The number of hydrogen-bond donors (Lipinski definition) is 0. The molecule has 31 heavy (non-hydrogen) atoms. The Balaban J connectivity index is 1.85. The molecule has 0 unspecified atom stereocenters. The van der Waals surface area contributed by atoms with E-state index in [-0.39, 0.29) is 5.41 Å². The highest BCUT2D eigenvalue weighted by Gasteiger charge is 2.44. The molecule has 0 saturated carbocycles. The van der Waals surface area contributed by atoms with E-state index >= 15 is 0 Å². The van der Waals surface area contributed by atoms with Crippen molar-refractivity contribution in [1.29, 1.82) is 0 Å². The molecule has 0 saturated heterocycles. The van der Waals surface area contributed by atoms with Crippen molar-refractivity contribution in [2.24, 2.45) is 0 Å². The number of benzene rings is 4. The van der Waals surface area contributed by atoms with Crippen LogP contribution in [0.15, 0.2) is 91.0 Å². The number of para-hydroxylation sites is 3. The third-order valence-corrected chi connectivity index (χ3v) is 7.43. The van der Waals surface area contributed by atoms with Crippen molar-refractivity contribution >= 4 is 21.8 Å². The first-order valence-corrected chi connectivity index (χ1v) is 11.4. The lowest BCUT2D eigenvalue weighted by atomic mass is 9.71. The van der Waals surface area contributed by atoms with Gasteiger partial charge in [-0.3, -0.25) is 0 Å². The Morgan fingerprint density at radius 3 is 2.29 bits per heavy atom. The van der Waals surface area contributed by atoms with E-state index in [4.69, 9.17) is 0 Å². The molecule has 5 aromatic rings. The second-order valence-electron chi connectivity index (χ2n) is 8.77. The molecule has 0 aliphatic carbocycles. The Hall–Kier alpha value is -3.39. The molecule has 0 atom stereocenters. The first kappa shape index (κ1) is 18.4. The second-order valence-corrected chi connectivity index (χ2v) is 8.77. The van der Waals surface area contributed by atoms with Gasteiger partial charge in [0.2, 0.25) is 0 Å². The summed E-state index contributed by atoms with van der Waals surface area (Å²) in [4.78, 5) is 0. The number of imidazole rings is 1. The van der Waals surface area contributed by atoms with Crippen LogP contribution in [0.3, 0.4) is 0 Å². The van der Waals surface area contributed by atoms with Gasteiger partial charge >= 0.3 is 0 Å². The molecule has 2 heterocycles. The molecule has 0 N–H and O–H groups in total. The molecule has 0 fully saturated rings. The lowest BCUT2D eigenvalue weighted by Gasteiger charge is -2.36. The number of fused-ring (bicyclic) bond motifs is 7. The average Bonchev–Trinajstić information content (AvgIpc) is 3.17. The molecule has 1 aromatic heterocycles. The largest absolute Gasteiger partial charge is 0.296 e. The average molecular weight is 404 g/mol. The van der Waals surface area contributed by atoms with E-state index in [2.05, 4.69) is 114 Å². The van der Waals surface area contributed by atoms with Crippen LogP contribution in [0.2, 0.25) is 0 Å². The molecule has 1 aliphatic heterocycles. The molecule has 2 nitrogen and oxygen atoms in total. The first-order chi connectivity index (χ1) is 15.3. The van der Waals surface area contributed by atoms with Gasteiger partial charge in [0.1, 0.15) is 12.2 Å². The van der Waals surface area contributed by atoms with E-state index in [1.54, 1.807) is 0 Å². The maximum Gasteiger partial charge on any atom is 0.296 e. The van der Waals surface area contributed by atoms with Crippen molar-refractivity contribution in [2.75, 3.05) is 0 Å². The number of nitrogens with zero attached hydrogens (tertiary/aromatic N) is 2. The van der Waals surface area contributed by atoms with Crippen molar-refractivity contribution in [3.8, 4) is 17.1 Å². The minimum absolute atomic E-state index is 0.142. The van der Waals surface area contributed by atoms with Gasteiger partial charge in [0, 0.05) is 5.41 Å². The van der Waals surface area contributed by atoms with Crippen LogP contribution in [0.25, 0.3) is 38.9 Å². The Bertz CT molecular complexity index is 1420. The van der Waals surface area contributed by atoms with Crippen molar-refractivity contribution in [3.63, 3.8) is 0 Å². The number of rotatable bonds is 3. The fourth-order valence-corrected chi connectivity index (χ4v) is 5.67. The Labute approximate surface area is 183 Å². The van der Waals surface area contributed by atoms with Gasteiger partial charge in [0.25, 0.3) is 5.82 Å². The summed E-state index contributed by atoms with van der Waals surface area (Å²) in [5.41, 5.74) is 6.83. The molecule has 1 aliphatic rings. The Morgan fingerprint density at radius 2 is 1.48 bits per heavy atom. The zero-order chi connectivity index (χ0) is 21.0. The van der Waals surface area contributed by atoms with Crippen LogP contribution in [0.5, 0.6) is 0 Å². The fourth-order valence-electron chi connectivity index (χ4n) is 5.67. The lowest BCUT2D eigenvalue weighted by Crippen LogP contribution is -2.50. The molecule has 0 spiro atoms. The number of hydrogen-bond acceptors (Lipinski definition) is 0. The molecule has 152 valence electrons. The van der Waals surface area contributed by atoms with Gasteiger partial charge in [0.15, 0.2) is 11.0 Å². The van der Waals surface area contributed by atoms with Crippen molar-refractivity contribution in [2.45, 2.75) is 38.6 Å². The maximum absolute atomic E-state index is 2.59. The first-order valence-electron chi connectivity index (χ1n) is 11.4. The van der Waals surface area contributed by atoms with E-state index in [1.807, 2.05) is 0 Å². The number of aromatic nitrogens is 2. The van der Waals surface area contributed by atoms with Gasteiger partial charge in [-0.2, -0.15) is 4.57 Å². The summed E-state index contributed by atoms with van der Waals surface area (Å²) in [6.45, 7) is 5.72. The highest BCUT2D eigenvalue weighted by Crippen LogP contribution is 2.46. The second kappa shape index (κ2) is 6.81. The van der Waals surface area contributed by atoms with Crippen LogP contribution in [-0.2, 0) is 12.0 Å². The molecule has 2 heteroatoms. The van der Waals surface area contributed by atoms with E-state index in [0.29, 0.717) is 0 Å². The summed E-state index contributed by atoms with van der Waals surface area (Å²) in [5, 5.41) is 2.65. The predicted molar refractivity (Wildman–Crippen MR) is 129 cm³/mol. The van der Waals surface area contributed by atoms with Crippen LogP contribution >= 0.6 is 0 Å². The Morgan fingerprint density at radius 1 is 0.774 bits per heavy atom. The smallest absolute Gasteiger partial charge is 0.222 e. The SMILES string of the molecule is CCC1(CC)C[n+]2c(n(-c3ccccc3)c3ccccc32)-c2c1ccc1ccccc21. The maximum atomic E-state index is 2.59. The molecular weight excluding hydrogens is 376 g/mol. The predicted octanol–water partition coefficient (Wildman–Crippen LogP) is 6.81.